The number of rotatable bonds is 5. The molecule has 1 aliphatic rings. The number of thioether (sulfide) groups is 1. The molecule has 1 atom stereocenters. The Labute approximate surface area is 167 Å². The number of esters is 1. The summed E-state index contributed by atoms with van der Waals surface area (Å²) in [6.45, 7) is 3.75. The first-order chi connectivity index (χ1) is 13.6. The minimum Gasteiger partial charge on any atom is -0.462 e. The molecule has 2 aromatic heterocycles. The molecule has 2 heterocycles. The Balaban J connectivity index is 1.59. The van der Waals surface area contributed by atoms with E-state index in [1.165, 1.54) is 17.5 Å². The molecule has 28 heavy (non-hydrogen) atoms. The van der Waals surface area contributed by atoms with Crippen LogP contribution in [0.25, 0.3) is 11.1 Å². The number of hydrogen-bond acceptors (Lipinski definition) is 7. The normalized spacial score (nSPS) is 16.1. The van der Waals surface area contributed by atoms with Gasteiger partial charge in [0.05, 0.1) is 17.7 Å². The van der Waals surface area contributed by atoms with E-state index >= 15 is 0 Å². The molecule has 1 aliphatic carbocycles. The quantitative estimate of drug-likeness (QED) is 0.629. The number of aromatic nitrogens is 2. The number of anilines is 1. The number of carbonyl (C=O) groups excluding carboxylic acids is 1. The van der Waals surface area contributed by atoms with Crippen LogP contribution in [-0.4, -0.2) is 22.5 Å². The lowest BCUT2D eigenvalue weighted by Gasteiger charge is -2.24. The molecule has 4 rings (SSSR count). The first kappa shape index (κ1) is 18.8. The molecule has 0 fully saturated rings. The van der Waals surface area contributed by atoms with Crippen LogP contribution in [0, 0.1) is 6.92 Å². The second-order valence-electron chi connectivity index (χ2n) is 6.85. The summed E-state index contributed by atoms with van der Waals surface area (Å²) >= 11 is 1.82. The number of nitrogen functional groups attached to an aromatic ring is 1. The molecule has 0 amide bonds. The molecule has 7 heteroatoms. The molecule has 0 aliphatic heterocycles. The van der Waals surface area contributed by atoms with Gasteiger partial charge in [-0.25, -0.2) is 9.78 Å². The van der Waals surface area contributed by atoms with Gasteiger partial charge in [-0.2, -0.15) is 4.98 Å². The molecule has 0 spiro atoms. The Morgan fingerprint density at radius 3 is 3.00 bits per heavy atom. The first-order valence-electron chi connectivity index (χ1n) is 9.50. The number of nitrogens with two attached hydrogens (primary N) is 1. The standard InChI is InChI=1S/C21H23N3O3S/c1-3-26-21(25)17-12(2)27-20-18(17)19(22)23-16(24-20)11-28-15-10-6-8-13-7-4-5-9-14(13)15/h4-5,7,9,15H,3,6,8,10-11H2,1-2H3,(H2,22,23,24)/t15-/m1/s1. The Morgan fingerprint density at radius 1 is 1.36 bits per heavy atom. The summed E-state index contributed by atoms with van der Waals surface area (Å²) in [6.07, 6.45) is 3.48. The van der Waals surface area contributed by atoms with E-state index in [1.807, 2.05) is 11.8 Å². The summed E-state index contributed by atoms with van der Waals surface area (Å²) in [7, 11) is 0. The minimum atomic E-state index is -0.463. The maximum absolute atomic E-state index is 12.2. The molecule has 2 N–H and O–H groups in total. The zero-order valence-corrected chi connectivity index (χ0v) is 16.8. The summed E-state index contributed by atoms with van der Waals surface area (Å²) in [6, 6.07) is 8.63. The minimum absolute atomic E-state index is 0.254. The average Bonchev–Trinajstić information content (AvgIpc) is 3.03. The second-order valence-corrected chi connectivity index (χ2v) is 8.04. The number of furan rings is 1. The highest BCUT2D eigenvalue weighted by Gasteiger charge is 2.25. The van der Waals surface area contributed by atoms with Gasteiger partial charge in [-0.05, 0) is 44.2 Å². The van der Waals surface area contributed by atoms with Crippen LogP contribution < -0.4 is 5.73 Å². The first-order valence-corrected chi connectivity index (χ1v) is 10.5. The van der Waals surface area contributed by atoms with E-state index < -0.39 is 5.97 Å². The largest absolute Gasteiger partial charge is 0.462 e. The van der Waals surface area contributed by atoms with Crippen molar-refractivity contribution in [2.75, 3.05) is 12.3 Å². The van der Waals surface area contributed by atoms with E-state index in [9.17, 15) is 4.79 Å². The van der Waals surface area contributed by atoms with Crippen LogP contribution in [0.1, 0.15) is 58.1 Å². The van der Waals surface area contributed by atoms with Crippen molar-refractivity contribution in [3.63, 3.8) is 0 Å². The van der Waals surface area contributed by atoms with E-state index in [4.69, 9.17) is 14.9 Å². The predicted molar refractivity (Wildman–Crippen MR) is 110 cm³/mol. The van der Waals surface area contributed by atoms with Crippen LogP contribution in [-0.2, 0) is 16.9 Å². The van der Waals surface area contributed by atoms with Crippen LogP contribution in [0.4, 0.5) is 5.82 Å². The van der Waals surface area contributed by atoms with Crippen molar-refractivity contribution < 1.29 is 13.9 Å². The molecule has 3 aromatic rings. The molecule has 0 radical (unpaired) electrons. The van der Waals surface area contributed by atoms with E-state index in [2.05, 4.69) is 34.2 Å². The van der Waals surface area contributed by atoms with Crippen molar-refractivity contribution in [2.24, 2.45) is 0 Å². The van der Waals surface area contributed by atoms with Gasteiger partial charge in [-0.1, -0.05) is 24.3 Å². The van der Waals surface area contributed by atoms with Gasteiger partial charge in [-0.15, -0.1) is 11.8 Å². The second kappa shape index (κ2) is 7.83. The molecule has 0 saturated carbocycles. The van der Waals surface area contributed by atoms with Gasteiger partial charge in [0.25, 0.3) is 0 Å². The SMILES string of the molecule is CCOC(=O)c1c(C)oc2nc(CS[C@@H]3CCCc4ccccc43)nc(N)c12. The summed E-state index contributed by atoms with van der Waals surface area (Å²) in [4.78, 5) is 21.2. The summed E-state index contributed by atoms with van der Waals surface area (Å²) in [5, 5.41) is 0.867. The lowest BCUT2D eigenvalue weighted by molar-refractivity contribution is 0.0526. The number of nitrogens with zero attached hydrogens (tertiary/aromatic N) is 2. The maximum atomic E-state index is 12.2. The highest BCUT2D eigenvalue weighted by molar-refractivity contribution is 7.98. The highest BCUT2D eigenvalue weighted by atomic mass is 32.2. The Hall–Kier alpha value is -2.54. The van der Waals surface area contributed by atoms with Gasteiger partial charge in [0.15, 0.2) is 0 Å². The number of fused-ring (bicyclic) bond motifs is 2. The van der Waals surface area contributed by atoms with Gasteiger partial charge in [-0.3, -0.25) is 0 Å². The molecular formula is C21H23N3O3S. The van der Waals surface area contributed by atoms with E-state index in [-0.39, 0.29) is 12.4 Å². The van der Waals surface area contributed by atoms with Gasteiger partial charge in [0.1, 0.15) is 23.0 Å². The predicted octanol–water partition coefficient (Wildman–Crippen LogP) is 4.60. The van der Waals surface area contributed by atoms with Crippen molar-refractivity contribution in [2.45, 2.75) is 44.1 Å². The Morgan fingerprint density at radius 2 is 2.18 bits per heavy atom. The number of hydrogen-bond donors (Lipinski definition) is 1. The van der Waals surface area contributed by atoms with E-state index in [0.717, 1.165) is 12.8 Å². The zero-order chi connectivity index (χ0) is 19.7. The smallest absolute Gasteiger partial charge is 0.342 e. The molecule has 6 nitrogen and oxygen atoms in total. The van der Waals surface area contributed by atoms with E-state index in [0.29, 0.717) is 39.3 Å². The Bertz CT molecular complexity index is 1030. The van der Waals surface area contributed by atoms with Gasteiger partial charge in [0, 0.05) is 5.25 Å². The maximum Gasteiger partial charge on any atom is 0.342 e. The third kappa shape index (κ3) is 3.46. The summed E-state index contributed by atoms with van der Waals surface area (Å²) in [5.74, 6) is 1.48. The Kier molecular flexibility index (Phi) is 5.26. The monoisotopic (exact) mass is 397 g/mol. The van der Waals surface area contributed by atoms with Crippen LogP contribution >= 0.6 is 11.8 Å². The number of benzene rings is 1. The lowest BCUT2D eigenvalue weighted by Crippen LogP contribution is -2.09. The van der Waals surface area contributed by atoms with Gasteiger partial charge in [0.2, 0.25) is 5.71 Å². The average molecular weight is 398 g/mol. The van der Waals surface area contributed by atoms with Crippen LogP contribution in [0.5, 0.6) is 0 Å². The molecule has 146 valence electrons. The fourth-order valence-corrected chi connectivity index (χ4v) is 4.98. The zero-order valence-electron chi connectivity index (χ0n) is 16.0. The number of carbonyl (C=O) groups is 1. The van der Waals surface area contributed by atoms with Gasteiger partial charge < -0.3 is 14.9 Å². The third-order valence-corrected chi connectivity index (χ3v) is 6.33. The fraction of sp³-hybridized carbons (Fsp3) is 0.381. The number of ether oxygens (including phenoxy) is 1. The molecule has 0 bridgehead atoms. The third-order valence-electron chi connectivity index (χ3n) is 5.01. The molecule has 1 aromatic carbocycles. The molecular weight excluding hydrogens is 374 g/mol. The van der Waals surface area contributed by atoms with Crippen molar-refractivity contribution >= 4 is 34.6 Å². The van der Waals surface area contributed by atoms with Gasteiger partial charge >= 0.3 is 5.97 Å². The molecule has 0 unspecified atom stereocenters. The van der Waals surface area contributed by atoms with Crippen molar-refractivity contribution in [1.29, 1.82) is 0 Å². The fourth-order valence-electron chi connectivity index (χ4n) is 3.75. The van der Waals surface area contributed by atoms with Crippen LogP contribution in [0.3, 0.4) is 0 Å². The van der Waals surface area contributed by atoms with Crippen molar-refractivity contribution in [3.05, 3.63) is 52.5 Å². The summed E-state index contributed by atoms with van der Waals surface area (Å²) in [5.41, 5.74) is 9.66. The highest BCUT2D eigenvalue weighted by Crippen LogP contribution is 2.41. The topological polar surface area (TPSA) is 91.2 Å². The lowest BCUT2D eigenvalue weighted by atomic mass is 9.91. The van der Waals surface area contributed by atoms with Crippen LogP contribution in [0.15, 0.2) is 28.7 Å². The summed E-state index contributed by atoms with van der Waals surface area (Å²) < 4.78 is 10.8. The van der Waals surface area contributed by atoms with Crippen molar-refractivity contribution in [3.8, 4) is 0 Å². The van der Waals surface area contributed by atoms with Crippen LogP contribution in [0.2, 0.25) is 0 Å². The van der Waals surface area contributed by atoms with E-state index in [1.54, 1.807) is 13.8 Å². The van der Waals surface area contributed by atoms with Crippen molar-refractivity contribution in [1.82, 2.24) is 9.97 Å². The number of aryl methyl sites for hydroxylation is 2. The molecule has 0 saturated heterocycles.